The minimum Gasteiger partial charge on any atom is -0.325 e. The largest absolute Gasteiger partial charge is 0.412 e. The van der Waals surface area contributed by atoms with Crippen LogP contribution in [0.15, 0.2) is 18.2 Å². The van der Waals surface area contributed by atoms with Crippen molar-refractivity contribution in [2.24, 2.45) is 10.8 Å². The van der Waals surface area contributed by atoms with E-state index in [1.165, 1.54) is 0 Å². The third-order valence-corrected chi connectivity index (χ3v) is 3.62. The van der Waals surface area contributed by atoms with Crippen molar-refractivity contribution >= 4 is 23.2 Å². The first-order valence-corrected chi connectivity index (χ1v) is 7.29. The lowest BCUT2D eigenvalue weighted by Gasteiger charge is -2.39. The highest BCUT2D eigenvalue weighted by Gasteiger charge is 2.75. The normalized spacial score (nSPS) is 13.7. The molecule has 0 heterocycles. The molecule has 1 aromatic rings. The van der Waals surface area contributed by atoms with Gasteiger partial charge in [0.05, 0.1) is 5.02 Å². The Balaban J connectivity index is 3.44. The van der Waals surface area contributed by atoms with Gasteiger partial charge in [0.2, 0.25) is 11.3 Å². The van der Waals surface area contributed by atoms with Gasteiger partial charge in [0.25, 0.3) is 0 Å². The van der Waals surface area contributed by atoms with Crippen LogP contribution in [0.4, 0.5) is 36.4 Å². The van der Waals surface area contributed by atoms with Crippen molar-refractivity contribution in [2.75, 3.05) is 5.32 Å². The first-order valence-electron chi connectivity index (χ1n) is 6.91. The molecule has 0 aliphatic carbocycles. The van der Waals surface area contributed by atoms with E-state index in [9.17, 15) is 35.5 Å². The molecule has 1 amide bonds. The second-order valence-corrected chi connectivity index (χ2v) is 7.13. The lowest BCUT2D eigenvalue weighted by molar-refractivity contribution is -0.330. The predicted molar refractivity (Wildman–Crippen MR) is 78.7 cm³/mol. The average molecular weight is 394 g/mol. The Kier molecular flexibility index (Phi) is 5.74. The molecule has 142 valence electrons. The fraction of sp³-hybridized carbons (Fsp3) is 0.533. The van der Waals surface area contributed by atoms with Gasteiger partial charge in [0.1, 0.15) is 5.82 Å². The van der Waals surface area contributed by atoms with Gasteiger partial charge in [-0.05, 0) is 30.0 Å². The summed E-state index contributed by atoms with van der Waals surface area (Å²) in [7, 11) is 0. The molecule has 0 atom stereocenters. The van der Waals surface area contributed by atoms with Crippen molar-refractivity contribution in [3.05, 3.63) is 29.0 Å². The van der Waals surface area contributed by atoms with E-state index in [-0.39, 0.29) is 0 Å². The Morgan fingerprint density at radius 2 is 1.52 bits per heavy atom. The van der Waals surface area contributed by atoms with Crippen molar-refractivity contribution in [1.82, 2.24) is 0 Å². The van der Waals surface area contributed by atoms with Crippen molar-refractivity contribution in [1.29, 1.82) is 0 Å². The molecular formula is C15H15ClF7NO. The van der Waals surface area contributed by atoms with Gasteiger partial charge in [-0.25, -0.2) is 4.39 Å². The molecule has 0 aromatic heterocycles. The number of hydrogen-bond donors (Lipinski definition) is 1. The van der Waals surface area contributed by atoms with E-state index < -0.39 is 52.0 Å². The predicted octanol–water partition coefficient (Wildman–Crippen LogP) is 5.96. The summed E-state index contributed by atoms with van der Waals surface area (Å²) in [6.07, 6.45) is -13.3. The van der Waals surface area contributed by atoms with Crippen LogP contribution >= 0.6 is 11.6 Å². The molecule has 0 fully saturated rings. The van der Waals surface area contributed by atoms with Crippen LogP contribution in [0.5, 0.6) is 0 Å². The lowest BCUT2D eigenvalue weighted by atomic mass is 9.71. The van der Waals surface area contributed by atoms with Gasteiger partial charge in [0.15, 0.2) is 0 Å². The van der Waals surface area contributed by atoms with Crippen LogP contribution in [-0.2, 0) is 4.79 Å². The highest BCUT2D eigenvalue weighted by Crippen LogP contribution is 2.56. The summed E-state index contributed by atoms with van der Waals surface area (Å²) in [5.41, 5.74) is -6.58. The van der Waals surface area contributed by atoms with E-state index in [1.54, 1.807) is 5.32 Å². The molecule has 0 saturated heterocycles. The standard InChI is InChI=1S/C15H15ClF7NO/c1-12(2,3)7-13(14(18,19)20,15(21,22)23)11(25)24-8-4-5-10(17)9(16)6-8/h4-6H,7H2,1-3H3,(H,24,25). The van der Waals surface area contributed by atoms with Gasteiger partial charge in [0, 0.05) is 5.69 Å². The second-order valence-electron chi connectivity index (χ2n) is 6.72. The number of carbonyl (C=O) groups excluding carboxylic acids is 1. The summed E-state index contributed by atoms with van der Waals surface area (Å²) >= 11 is 5.43. The van der Waals surface area contributed by atoms with Crippen LogP contribution < -0.4 is 5.32 Å². The monoisotopic (exact) mass is 393 g/mol. The zero-order valence-electron chi connectivity index (χ0n) is 13.4. The van der Waals surface area contributed by atoms with Crippen LogP contribution in [0.3, 0.4) is 0 Å². The molecule has 0 unspecified atom stereocenters. The zero-order valence-corrected chi connectivity index (χ0v) is 14.1. The van der Waals surface area contributed by atoms with Crippen molar-refractivity contribution < 1.29 is 35.5 Å². The Labute approximate surface area is 144 Å². The quantitative estimate of drug-likeness (QED) is 0.630. The summed E-state index contributed by atoms with van der Waals surface area (Å²) in [6, 6.07) is 2.25. The number of rotatable bonds is 3. The SMILES string of the molecule is CC(C)(C)CC(C(=O)Nc1ccc(F)c(Cl)c1)(C(F)(F)F)C(F)(F)F. The molecule has 1 aromatic carbocycles. The first kappa shape index (κ1) is 21.5. The maximum absolute atomic E-state index is 13.4. The van der Waals surface area contributed by atoms with Crippen LogP contribution in [0.2, 0.25) is 5.02 Å². The topological polar surface area (TPSA) is 29.1 Å². The summed E-state index contributed by atoms with van der Waals surface area (Å²) in [5, 5.41) is 0.999. The Morgan fingerprint density at radius 3 is 1.88 bits per heavy atom. The summed E-state index contributed by atoms with van der Waals surface area (Å²) < 4.78 is 93.7. The number of halogens is 8. The third-order valence-electron chi connectivity index (χ3n) is 3.33. The van der Waals surface area contributed by atoms with Gasteiger partial charge in [-0.2, -0.15) is 26.3 Å². The van der Waals surface area contributed by atoms with Crippen molar-refractivity contribution in [3.8, 4) is 0 Å². The maximum atomic E-state index is 13.4. The molecule has 25 heavy (non-hydrogen) atoms. The molecule has 1 N–H and O–H groups in total. The summed E-state index contributed by atoms with van der Waals surface area (Å²) in [4.78, 5) is 12.1. The number of anilines is 1. The van der Waals surface area contributed by atoms with E-state index in [0.717, 1.165) is 32.9 Å². The Bertz CT molecular complexity index is 633. The summed E-state index contributed by atoms with van der Waals surface area (Å²) in [5.74, 6) is -3.24. The molecule has 2 nitrogen and oxygen atoms in total. The second kappa shape index (κ2) is 6.66. The first-order chi connectivity index (χ1) is 11.0. The molecule has 0 aliphatic rings. The molecule has 0 spiro atoms. The molecule has 0 saturated carbocycles. The van der Waals surface area contributed by atoms with Gasteiger partial charge in [-0.15, -0.1) is 0 Å². The van der Waals surface area contributed by atoms with Gasteiger partial charge < -0.3 is 5.32 Å². The lowest BCUT2D eigenvalue weighted by Crippen LogP contribution is -2.59. The number of nitrogens with one attached hydrogen (secondary N) is 1. The van der Waals surface area contributed by atoms with E-state index in [1.807, 2.05) is 0 Å². The van der Waals surface area contributed by atoms with E-state index >= 15 is 0 Å². The van der Waals surface area contributed by atoms with Crippen molar-refractivity contribution in [2.45, 2.75) is 39.5 Å². The third kappa shape index (κ3) is 4.56. The Hall–Kier alpha value is -1.51. The molecule has 0 radical (unpaired) electrons. The van der Waals surface area contributed by atoms with Crippen LogP contribution in [0.25, 0.3) is 0 Å². The molecule has 0 bridgehead atoms. The van der Waals surface area contributed by atoms with Crippen molar-refractivity contribution in [3.63, 3.8) is 0 Å². The molecule has 10 heteroatoms. The van der Waals surface area contributed by atoms with Gasteiger partial charge in [-0.3, -0.25) is 4.79 Å². The highest BCUT2D eigenvalue weighted by atomic mass is 35.5. The minimum absolute atomic E-state index is 0.483. The molecule has 0 aliphatic heterocycles. The number of carbonyl (C=O) groups is 1. The zero-order chi connectivity index (χ0) is 19.8. The number of benzene rings is 1. The van der Waals surface area contributed by atoms with Gasteiger partial charge >= 0.3 is 12.4 Å². The number of amides is 1. The highest BCUT2D eigenvalue weighted by molar-refractivity contribution is 6.31. The minimum atomic E-state index is -5.90. The van der Waals surface area contributed by atoms with Crippen LogP contribution in [-0.4, -0.2) is 18.3 Å². The van der Waals surface area contributed by atoms with E-state index in [0.29, 0.717) is 6.07 Å². The average Bonchev–Trinajstić information content (AvgIpc) is 2.36. The smallest absolute Gasteiger partial charge is 0.325 e. The fourth-order valence-corrected chi connectivity index (χ4v) is 2.49. The number of hydrogen-bond acceptors (Lipinski definition) is 1. The van der Waals surface area contributed by atoms with Crippen LogP contribution in [0.1, 0.15) is 27.2 Å². The van der Waals surface area contributed by atoms with Gasteiger partial charge in [-0.1, -0.05) is 32.4 Å². The van der Waals surface area contributed by atoms with Crippen LogP contribution in [0, 0.1) is 16.6 Å². The Morgan fingerprint density at radius 1 is 1.04 bits per heavy atom. The molecule has 1 rings (SSSR count). The molecular weight excluding hydrogens is 379 g/mol. The van der Waals surface area contributed by atoms with E-state index in [4.69, 9.17) is 11.6 Å². The number of alkyl halides is 6. The maximum Gasteiger partial charge on any atom is 0.412 e. The fourth-order valence-electron chi connectivity index (χ4n) is 2.31. The summed E-state index contributed by atoms with van der Waals surface area (Å²) in [6.45, 7) is 3.46. The van der Waals surface area contributed by atoms with E-state index in [2.05, 4.69) is 0 Å².